The minimum Gasteiger partial charge on any atom is -0.370 e. The van der Waals surface area contributed by atoms with Crippen LogP contribution in [0.5, 0.6) is 0 Å². The van der Waals surface area contributed by atoms with Crippen LogP contribution < -0.4 is 10.6 Å². The molecule has 144 valence electrons. The van der Waals surface area contributed by atoms with Gasteiger partial charge in [0.05, 0.1) is 0 Å². The Morgan fingerprint density at radius 2 is 1.71 bits per heavy atom. The van der Waals surface area contributed by atoms with Gasteiger partial charge in [-0.15, -0.1) is 0 Å². The molecule has 0 atom stereocenters. The van der Waals surface area contributed by atoms with Crippen molar-refractivity contribution in [3.8, 4) is 0 Å². The first kappa shape index (κ1) is 19.5. The van der Waals surface area contributed by atoms with Crippen molar-refractivity contribution >= 4 is 11.7 Å². The van der Waals surface area contributed by atoms with E-state index in [0.29, 0.717) is 42.4 Å². The van der Waals surface area contributed by atoms with Gasteiger partial charge in [-0.05, 0) is 43.0 Å². The number of carbonyl (C=O) groups excluding carboxylic acids is 1. The highest BCUT2D eigenvalue weighted by Gasteiger charge is 2.11. The second kappa shape index (κ2) is 9.08. The quantitative estimate of drug-likeness (QED) is 0.656. The van der Waals surface area contributed by atoms with E-state index >= 15 is 0 Å². The Kier molecular flexibility index (Phi) is 6.32. The van der Waals surface area contributed by atoms with Crippen LogP contribution in [0.1, 0.15) is 33.0 Å². The summed E-state index contributed by atoms with van der Waals surface area (Å²) in [5, 5.41) is 6.03. The van der Waals surface area contributed by atoms with Crippen LogP contribution in [0.2, 0.25) is 0 Å². The van der Waals surface area contributed by atoms with Gasteiger partial charge in [0.15, 0.2) is 0 Å². The molecule has 6 heteroatoms. The molecule has 3 aromatic rings. The third-order valence-corrected chi connectivity index (χ3v) is 4.43. The predicted octanol–water partition coefficient (Wildman–Crippen LogP) is 3.82. The topological polar surface area (TPSA) is 66.9 Å². The molecule has 28 heavy (non-hydrogen) atoms. The van der Waals surface area contributed by atoms with Crippen molar-refractivity contribution in [3.05, 3.63) is 88.6 Å². The van der Waals surface area contributed by atoms with E-state index in [-0.39, 0.29) is 11.7 Å². The van der Waals surface area contributed by atoms with E-state index < -0.39 is 0 Å². The largest absolute Gasteiger partial charge is 0.370 e. The Hall–Kier alpha value is -3.28. The van der Waals surface area contributed by atoms with Gasteiger partial charge < -0.3 is 10.6 Å². The van der Waals surface area contributed by atoms with Crippen LogP contribution in [0.25, 0.3) is 0 Å². The number of amides is 1. The molecule has 0 radical (unpaired) electrons. The molecular formula is C22H23FN4O. The first-order chi connectivity index (χ1) is 13.5. The molecule has 0 spiro atoms. The van der Waals surface area contributed by atoms with Gasteiger partial charge in [-0.25, -0.2) is 14.4 Å². The van der Waals surface area contributed by atoms with E-state index in [1.165, 1.54) is 6.07 Å². The van der Waals surface area contributed by atoms with Crippen molar-refractivity contribution < 1.29 is 9.18 Å². The highest BCUT2D eigenvalue weighted by atomic mass is 19.1. The third kappa shape index (κ3) is 5.13. The zero-order valence-electron chi connectivity index (χ0n) is 16.0. The van der Waals surface area contributed by atoms with Crippen LogP contribution in [0.3, 0.4) is 0 Å². The molecule has 0 unspecified atom stereocenters. The second-order valence-electron chi connectivity index (χ2n) is 6.56. The zero-order chi connectivity index (χ0) is 19.9. The second-order valence-corrected chi connectivity index (χ2v) is 6.56. The van der Waals surface area contributed by atoms with Gasteiger partial charge in [0.2, 0.25) is 0 Å². The summed E-state index contributed by atoms with van der Waals surface area (Å²) in [4.78, 5) is 21.0. The molecule has 0 aliphatic carbocycles. The Morgan fingerprint density at radius 3 is 2.46 bits per heavy atom. The highest BCUT2D eigenvalue weighted by Crippen LogP contribution is 2.11. The molecule has 0 aliphatic heterocycles. The molecule has 0 saturated carbocycles. The number of aryl methyl sites for hydroxylation is 2. The fourth-order valence-electron chi connectivity index (χ4n) is 2.88. The monoisotopic (exact) mass is 378 g/mol. The summed E-state index contributed by atoms with van der Waals surface area (Å²) in [5.74, 6) is 0.562. The van der Waals surface area contributed by atoms with E-state index in [1.54, 1.807) is 25.1 Å². The molecule has 5 nitrogen and oxygen atoms in total. The van der Waals surface area contributed by atoms with Crippen LogP contribution in [0.15, 0.2) is 54.6 Å². The summed E-state index contributed by atoms with van der Waals surface area (Å²) in [7, 11) is 0. The standard InChI is InChI=1S/C22H23FN4O/c1-15-7-3-4-9-18(15)14-25-22(28)20-13-21(27-16(2)26-20)24-12-11-17-8-5-6-10-19(17)23/h3-10,13H,11-12,14H2,1-2H3,(H,25,28)(H,24,26,27). The van der Waals surface area contributed by atoms with Crippen LogP contribution in [-0.2, 0) is 13.0 Å². The summed E-state index contributed by atoms with van der Waals surface area (Å²) < 4.78 is 13.7. The fourth-order valence-corrected chi connectivity index (χ4v) is 2.88. The maximum atomic E-state index is 13.7. The first-order valence-electron chi connectivity index (χ1n) is 9.18. The number of benzene rings is 2. The van der Waals surface area contributed by atoms with Crippen molar-refractivity contribution in [2.45, 2.75) is 26.8 Å². The lowest BCUT2D eigenvalue weighted by molar-refractivity contribution is 0.0945. The maximum absolute atomic E-state index is 13.7. The smallest absolute Gasteiger partial charge is 0.270 e. The van der Waals surface area contributed by atoms with Crippen molar-refractivity contribution in [1.29, 1.82) is 0 Å². The fraction of sp³-hybridized carbons (Fsp3) is 0.227. The minimum atomic E-state index is -0.258. The van der Waals surface area contributed by atoms with E-state index in [9.17, 15) is 9.18 Å². The molecule has 1 heterocycles. The predicted molar refractivity (Wildman–Crippen MR) is 108 cm³/mol. The molecule has 1 amide bonds. The number of rotatable bonds is 7. The van der Waals surface area contributed by atoms with Crippen molar-refractivity contribution in [2.24, 2.45) is 0 Å². The van der Waals surface area contributed by atoms with E-state index in [0.717, 1.165) is 11.1 Å². The number of carbonyl (C=O) groups is 1. The highest BCUT2D eigenvalue weighted by molar-refractivity contribution is 5.92. The van der Waals surface area contributed by atoms with Gasteiger partial charge in [0.1, 0.15) is 23.2 Å². The van der Waals surface area contributed by atoms with Crippen LogP contribution >= 0.6 is 0 Å². The molecule has 0 aliphatic rings. The number of nitrogens with one attached hydrogen (secondary N) is 2. The lowest BCUT2D eigenvalue weighted by Crippen LogP contribution is -2.25. The van der Waals surface area contributed by atoms with Crippen LogP contribution in [0, 0.1) is 19.7 Å². The molecular weight excluding hydrogens is 355 g/mol. The van der Waals surface area contributed by atoms with Crippen molar-refractivity contribution in [2.75, 3.05) is 11.9 Å². The summed E-state index contributed by atoms with van der Waals surface area (Å²) in [5.41, 5.74) is 3.12. The SMILES string of the molecule is Cc1nc(NCCc2ccccc2F)cc(C(=O)NCc2ccccc2C)n1. The third-order valence-electron chi connectivity index (χ3n) is 4.43. The summed E-state index contributed by atoms with van der Waals surface area (Å²) in [6.45, 7) is 4.68. The molecule has 2 N–H and O–H groups in total. The molecule has 0 fully saturated rings. The Labute approximate surface area is 164 Å². The van der Waals surface area contributed by atoms with Crippen molar-refractivity contribution in [1.82, 2.24) is 15.3 Å². The maximum Gasteiger partial charge on any atom is 0.270 e. The Balaban J connectivity index is 1.61. The normalized spacial score (nSPS) is 10.5. The van der Waals surface area contributed by atoms with Gasteiger partial charge in [-0.2, -0.15) is 0 Å². The Morgan fingerprint density at radius 1 is 1.00 bits per heavy atom. The lowest BCUT2D eigenvalue weighted by Gasteiger charge is -2.10. The van der Waals surface area contributed by atoms with Crippen molar-refractivity contribution in [3.63, 3.8) is 0 Å². The molecule has 1 aromatic heterocycles. The molecule has 0 bridgehead atoms. The number of halogens is 1. The summed E-state index contributed by atoms with van der Waals surface area (Å²) in [6.07, 6.45) is 0.518. The van der Waals surface area contributed by atoms with Gasteiger partial charge in [0, 0.05) is 19.2 Å². The van der Waals surface area contributed by atoms with Gasteiger partial charge in [0.25, 0.3) is 5.91 Å². The number of anilines is 1. The zero-order valence-corrected chi connectivity index (χ0v) is 16.0. The van der Waals surface area contributed by atoms with E-state index in [2.05, 4.69) is 20.6 Å². The van der Waals surface area contributed by atoms with Gasteiger partial charge in [-0.1, -0.05) is 42.5 Å². The summed E-state index contributed by atoms with van der Waals surface area (Å²) >= 11 is 0. The van der Waals surface area contributed by atoms with Gasteiger partial charge >= 0.3 is 0 Å². The lowest BCUT2D eigenvalue weighted by atomic mass is 10.1. The average Bonchev–Trinajstić information content (AvgIpc) is 2.68. The number of hydrogen-bond acceptors (Lipinski definition) is 4. The van der Waals surface area contributed by atoms with Gasteiger partial charge in [-0.3, -0.25) is 4.79 Å². The van der Waals surface area contributed by atoms with E-state index in [1.807, 2.05) is 37.3 Å². The van der Waals surface area contributed by atoms with E-state index in [4.69, 9.17) is 0 Å². The number of hydrogen-bond donors (Lipinski definition) is 2. The molecule has 3 rings (SSSR count). The van der Waals surface area contributed by atoms with Crippen LogP contribution in [-0.4, -0.2) is 22.4 Å². The minimum absolute atomic E-state index is 0.223. The number of nitrogens with zero attached hydrogens (tertiary/aromatic N) is 2. The van der Waals surface area contributed by atoms with Crippen LogP contribution in [0.4, 0.5) is 10.2 Å². The summed E-state index contributed by atoms with van der Waals surface area (Å²) in [6, 6.07) is 16.2. The first-order valence-corrected chi connectivity index (χ1v) is 9.18. The Bertz CT molecular complexity index is 974. The molecule has 2 aromatic carbocycles. The molecule has 0 saturated heterocycles. The average molecular weight is 378 g/mol. The number of aromatic nitrogens is 2.